The zero-order valence-electron chi connectivity index (χ0n) is 15.9. The molecule has 0 saturated carbocycles. The number of nitrogens with two attached hydrogens (primary N) is 2. The van der Waals surface area contributed by atoms with E-state index < -0.39 is 5.91 Å². The molecule has 0 aliphatic heterocycles. The van der Waals surface area contributed by atoms with Crippen molar-refractivity contribution in [3.63, 3.8) is 0 Å². The Labute approximate surface area is 162 Å². The van der Waals surface area contributed by atoms with Crippen LogP contribution in [0.15, 0.2) is 48.7 Å². The van der Waals surface area contributed by atoms with E-state index in [4.69, 9.17) is 25.7 Å². The fourth-order valence-electron chi connectivity index (χ4n) is 2.93. The largest absolute Gasteiger partial charge is 0.493 e. The molecule has 4 N–H and O–H groups in total. The molecule has 0 bridgehead atoms. The Kier molecular flexibility index (Phi) is 5.35. The molecule has 0 aliphatic carbocycles. The number of amides is 1. The van der Waals surface area contributed by atoms with E-state index in [0.29, 0.717) is 28.6 Å². The van der Waals surface area contributed by atoms with Crippen molar-refractivity contribution < 1.29 is 19.0 Å². The van der Waals surface area contributed by atoms with Crippen LogP contribution in [-0.4, -0.2) is 32.2 Å². The lowest BCUT2D eigenvalue weighted by molar-refractivity contribution is 0.100. The zero-order valence-corrected chi connectivity index (χ0v) is 15.9. The van der Waals surface area contributed by atoms with E-state index in [1.54, 1.807) is 39.7 Å². The third-order valence-corrected chi connectivity index (χ3v) is 4.40. The van der Waals surface area contributed by atoms with E-state index >= 15 is 0 Å². The summed E-state index contributed by atoms with van der Waals surface area (Å²) in [4.78, 5) is 15.6. The van der Waals surface area contributed by atoms with Gasteiger partial charge in [-0.25, -0.2) is 4.98 Å². The standard InChI is InChI=1S/C21H21N3O4/c1-26-17-9-14(10-18(27-2)19(17)28-3)16-8-15(11-24-20(16)22)12-4-6-13(7-5-12)21(23)25/h4-11H,1-3H3,(H2,22,24)(H2,23,25). The SMILES string of the molecule is COc1cc(-c2cc(-c3ccc(C(N)=O)cc3)cnc2N)cc(OC)c1OC. The van der Waals surface area contributed by atoms with Gasteiger partial charge in [-0.15, -0.1) is 0 Å². The molecule has 0 radical (unpaired) electrons. The highest BCUT2D eigenvalue weighted by molar-refractivity contribution is 5.93. The van der Waals surface area contributed by atoms with Crippen LogP contribution in [0.5, 0.6) is 17.2 Å². The summed E-state index contributed by atoms with van der Waals surface area (Å²) in [5, 5.41) is 0. The number of pyridine rings is 1. The molecule has 0 unspecified atom stereocenters. The van der Waals surface area contributed by atoms with E-state index in [1.807, 2.05) is 30.3 Å². The Morgan fingerprint density at radius 1 is 0.857 bits per heavy atom. The maximum atomic E-state index is 11.3. The number of anilines is 1. The van der Waals surface area contributed by atoms with Gasteiger partial charge in [0.25, 0.3) is 0 Å². The summed E-state index contributed by atoms with van der Waals surface area (Å²) in [5.74, 6) is 1.44. The maximum Gasteiger partial charge on any atom is 0.248 e. The molecule has 7 heteroatoms. The van der Waals surface area contributed by atoms with Crippen LogP contribution in [0.2, 0.25) is 0 Å². The fraction of sp³-hybridized carbons (Fsp3) is 0.143. The summed E-state index contributed by atoms with van der Waals surface area (Å²) in [7, 11) is 4.66. The normalized spacial score (nSPS) is 10.4. The maximum absolute atomic E-state index is 11.3. The fourth-order valence-corrected chi connectivity index (χ4v) is 2.93. The van der Waals surface area contributed by atoms with Gasteiger partial charge in [-0.05, 0) is 41.5 Å². The van der Waals surface area contributed by atoms with Gasteiger partial charge in [-0.3, -0.25) is 4.79 Å². The first-order valence-corrected chi connectivity index (χ1v) is 8.44. The molecule has 0 spiro atoms. The molecule has 28 heavy (non-hydrogen) atoms. The summed E-state index contributed by atoms with van der Waals surface area (Å²) in [6.07, 6.45) is 1.68. The molecule has 2 aromatic carbocycles. The van der Waals surface area contributed by atoms with E-state index in [0.717, 1.165) is 22.3 Å². The second kappa shape index (κ2) is 7.87. The average Bonchev–Trinajstić information content (AvgIpc) is 2.73. The molecule has 0 fully saturated rings. The van der Waals surface area contributed by atoms with Crippen LogP contribution >= 0.6 is 0 Å². The molecule has 0 saturated heterocycles. The molecule has 0 atom stereocenters. The first-order chi connectivity index (χ1) is 13.5. The quantitative estimate of drug-likeness (QED) is 0.681. The molecule has 3 rings (SSSR count). The van der Waals surface area contributed by atoms with Gasteiger partial charge in [0.1, 0.15) is 5.82 Å². The van der Waals surface area contributed by atoms with E-state index in [2.05, 4.69) is 4.98 Å². The highest BCUT2D eigenvalue weighted by Gasteiger charge is 2.16. The third kappa shape index (κ3) is 3.55. The van der Waals surface area contributed by atoms with Crippen molar-refractivity contribution in [2.75, 3.05) is 27.1 Å². The number of nitrogen functional groups attached to an aromatic ring is 1. The van der Waals surface area contributed by atoms with Crippen molar-refractivity contribution in [3.8, 4) is 39.5 Å². The minimum atomic E-state index is -0.472. The number of methoxy groups -OCH3 is 3. The molecule has 7 nitrogen and oxygen atoms in total. The van der Waals surface area contributed by atoms with Gasteiger partial charge < -0.3 is 25.7 Å². The van der Waals surface area contributed by atoms with Gasteiger partial charge in [0, 0.05) is 22.9 Å². The summed E-state index contributed by atoms with van der Waals surface area (Å²) in [6, 6.07) is 12.5. The van der Waals surface area contributed by atoms with E-state index in [9.17, 15) is 4.79 Å². The van der Waals surface area contributed by atoms with Gasteiger partial charge in [0.15, 0.2) is 11.5 Å². The lowest BCUT2D eigenvalue weighted by Gasteiger charge is -2.15. The Morgan fingerprint density at radius 2 is 1.46 bits per heavy atom. The summed E-state index contributed by atoms with van der Waals surface area (Å²) in [5.41, 5.74) is 15.1. The van der Waals surface area contributed by atoms with Gasteiger partial charge in [-0.1, -0.05) is 12.1 Å². The number of nitrogens with zero attached hydrogens (tertiary/aromatic N) is 1. The average molecular weight is 379 g/mol. The monoisotopic (exact) mass is 379 g/mol. The van der Waals surface area contributed by atoms with Crippen LogP contribution in [0.25, 0.3) is 22.3 Å². The number of ether oxygens (including phenoxy) is 3. The number of hydrogen-bond acceptors (Lipinski definition) is 6. The van der Waals surface area contributed by atoms with Crippen LogP contribution < -0.4 is 25.7 Å². The molecule has 3 aromatic rings. The number of rotatable bonds is 6. The molecule has 1 aromatic heterocycles. The van der Waals surface area contributed by atoms with Crippen molar-refractivity contribution in [1.29, 1.82) is 0 Å². The van der Waals surface area contributed by atoms with Crippen molar-refractivity contribution in [1.82, 2.24) is 4.98 Å². The van der Waals surface area contributed by atoms with Gasteiger partial charge in [-0.2, -0.15) is 0 Å². The van der Waals surface area contributed by atoms with Crippen molar-refractivity contribution in [2.24, 2.45) is 5.73 Å². The van der Waals surface area contributed by atoms with Crippen LogP contribution in [0.3, 0.4) is 0 Å². The highest BCUT2D eigenvalue weighted by Crippen LogP contribution is 2.42. The Bertz CT molecular complexity index is 992. The number of primary amides is 1. The van der Waals surface area contributed by atoms with Crippen LogP contribution in [0.1, 0.15) is 10.4 Å². The predicted octanol–water partition coefficient (Wildman–Crippen LogP) is 3.12. The lowest BCUT2D eigenvalue weighted by atomic mass is 9.99. The molecule has 1 heterocycles. The van der Waals surface area contributed by atoms with Crippen LogP contribution in [-0.2, 0) is 0 Å². The van der Waals surface area contributed by atoms with Crippen LogP contribution in [0, 0.1) is 0 Å². The lowest BCUT2D eigenvalue weighted by Crippen LogP contribution is -2.10. The second-order valence-corrected chi connectivity index (χ2v) is 6.01. The Hall–Kier alpha value is -3.74. The minimum Gasteiger partial charge on any atom is -0.493 e. The number of hydrogen-bond donors (Lipinski definition) is 2. The minimum absolute atomic E-state index is 0.367. The summed E-state index contributed by atoms with van der Waals surface area (Å²) < 4.78 is 16.2. The number of aromatic nitrogens is 1. The van der Waals surface area contributed by atoms with E-state index in [-0.39, 0.29) is 0 Å². The van der Waals surface area contributed by atoms with E-state index in [1.165, 1.54) is 0 Å². The van der Waals surface area contributed by atoms with Gasteiger partial charge in [0.2, 0.25) is 11.7 Å². The zero-order chi connectivity index (χ0) is 20.3. The molecular weight excluding hydrogens is 358 g/mol. The van der Waals surface area contributed by atoms with Gasteiger partial charge in [0.05, 0.1) is 21.3 Å². The molecular formula is C21H21N3O4. The molecule has 0 aliphatic rings. The first kappa shape index (κ1) is 19.0. The third-order valence-electron chi connectivity index (χ3n) is 4.40. The van der Waals surface area contributed by atoms with Gasteiger partial charge >= 0.3 is 0 Å². The van der Waals surface area contributed by atoms with Crippen LogP contribution in [0.4, 0.5) is 5.82 Å². The van der Waals surface area contributed by atoms with Crippen molar-refractivity contribution in [3.05, 3.63) is 54.2 Å². The second-order valence-electron chi connectivity index (χ2n) is 6.01. The molecule has 144 valence electrons. The van der Waals surface area contributed by atoms with Crippen molar-refractivity contribution >= 4 is 11.7 Å². The Morgan fingerprint density at radius 3 is 1.96 bits per heavy atom. The molecule has 1 amide bonds. The topological polar surface area (TPSA) is 110 Å². The predicted molar refractivity (Wildman–Crippen MR) is 108 cm³/mol. The smallest absolute Gasteiger partial charge is 0.248 e. The summed E-state index contributed by atoms with van der Waals surface area (Å²) in [6.45, 7) is 0. The number of carbonyl (C=O) groups is 1. The van der Waals surface area contributed by atoms with Crippen molar-refractivity contribution in [2.45, 2.75) is 0 Å². The Balaban J connectivity index is 2.10. The number of benzene rings is 2. The first-order valence-electron chi connectivity index (χ1n) is 8.44. The summed E-state index contributed by atoms with van der Waals surface area (Å²) >= 11 is 0. The highest BCUT2D eigenvalue weighted by atomic mass is 16.5. The number of carbonyl (C=O) groups excluding carboxylic acids is 1.